The number of rotatable bonds is 10. The minimum Gasteiger partial charge on any atom is -0.497 e. The SMILES string of the molecule is NCCCC[C@H](N)C(=O)OCC=COCc1ccccc1Cl. The van der Waals surface area contributed by atoms with E-state index in [9.17, 15) is 4.79 Å². The molecule has 0 fully saturated rings. The number of unbranched alkanes of at least 4 members (excludes halogenated alkanes) is 1. The minimum atomic E-state index is -0.594. The summed E-state index contributed by atoms with van der Waals surface area (Å²) < 4.78 is 10.3. The minimum absolute atomic E-state index is 0.131. The Morgan fingerprint density at radius 2 is 2.09 bits per heavy atom. The Bertz CT molecular complexity index is 480. The lowest BCUT2D eigenvalue weighted by molar-refractivity contribution is -0.144. The molecule has 0 aliphatic rings. The number of esters is 1. The third-order valence-electron chi connectivity index (χ3n) is 2.98. The van der Waals surface area contributed by atoms with Gasteiger partial charge in [-0.3, -0.25) is 4.79 Å². The van der Waals surface area contributed by atoms with E-state index in [0.29, 0.717) is 24.6 Å². The number of carbonyl (C=O) groups is 1. The first-order valence-corrected chi connectivity index (χ1v) is 7.65. The molecule has 0 amide bonds. The van der Waals surface area contributed by atoms with Crippen molar-refractivity contribution in [2.45, 2.75) is 31.9 Å². The van der Waals surface area contributed by atoms with Gasteiger partial charge in [0, 0.05) is 10.6 Å². The Labute approximate surface area is 136 Å². The van der Waals surface area contributed by atoms with Crippen molar-refractivity contribution in [3.8, 4) is 0 Å². The summed E-state index contributed by atoms with van der Waals surface area (Å²) in [5, 5.41) is 0.658. The highest BCUT2D eigenvalue weighted by atomic mass is 35.5. The van der Waals surface area contributed by atoms with E-state index < -0.39 is 12.0 Å². The number of benzene rings is 1. The maximum Gasteiger partial charge on any atom is 0.323 e. The predicted molar refractivity (Wildman–Crippen MR) is 87.2 cm³/mol. The van der Waals surface area contributed by atoms with Crippen LogP contribution in [-0.4, -0.2) is 25.2 Å². The molecule has 122 valence electrons. The molecule has 0 saturated heterocycles. The van der Waals surface area contributed by atoms with E-state index >= 15 is 0 Å². The zero-order chi connectivity index (χ0) is 16.2. The summed E-state index contributed by atoms with van der Waals surface area (Å²) in [5.74, 6) is -0.409. The molecule has 0 heterocycles. The second kappa shape index (κ2) is 11.1. The molecule has 0 aliphatic heterocycles. The lowest BCUT2D eigenvalue weighted by atomic mass is 10.1. The van der Waals surface area contributed by atoms with Crippen molar-refractivity contribution >= 4 is 17.6 Å². The van der Waals surface area contributed by atoms with Crippen molar-refractivity contribution in [3.05, 3.63) is 47.2 Å². The standard InChI is InChI=1S/C16H23ClN2O3/c17-14-7-2-1-6-13(14)12-21-10-5-11-22-16(20)15(19)8-3-4-9-18/h1-2,5-7,10,15H,3-4,8-9,11-12,18-19H2/t15-/m0/s1. The van der Waals surface area contributed by atoms with Crippen LogP contribution in [0.3, 0.4) is 0 Å². The Balaban J connectivity index is 2.15. The van der Waals surface area contributed by atoms with Gasteiger partial charge >= 0.3 is 5.97 Å². The highest BCUT2D eigenvalue weighted by Crippen LogP contribution is 2.15. The van der Waals surface area contributed by atoms with Gasteiger partial charge in [-0.15, -0.1) is 0 Å². The molecule has 5 nitrogen and oxygen atoms in total. The average molecular weight is 327 g/mol. The third-order valence-corrected chi connectivity index (χ3v) is 3.35. The quantitative estimate of drug-likeness (QED) is 0.391. The van der Waals surface area contributed by atoms with Gasteiger partial charge in [0.25, 0.3) is 0 Å². The molecule has 4 N–H and O–H groups in total. The van der Waals surface area contributed by atoms with Crippen LogP contribution >= 0.6 is 11.6 Å². The lowest BCUT2D eigenvalue weighted by Crippen LogP contribution is -2.32. The third kappa shape index (κ3) is 7.45. The van der Waals surface area contributed by atoms with E-state index in [1.54, 1.807) is 12.1 Å². The first-order valence-electron chi connectivity index (χ1n) is 7.27. The van der Waals surface area contributed by atoms with Crippen molar-refractivity contribution in [1.82, 2.24) is 0 Å². The van der Waals surface area contributed by atoms with Crippen molar-refractivity contribution < 1.29 is 14.3 Å². The Hall–Kier alpha value is -1.56. The van der Waals surface area contributed by atoms with E-state index in [1.807, 2.05) is 18.2 Å². The summed E-state index contributed by atoms with van der Waals surface area (Å²) in [7, 11) is 0. The number of carbonyl (C=O) groups excluding carboxylic acids is 1. The highest BCUT2D eigenvalue weighted by Gasteiger charge is 2.13. The van der Waals surface area contributed by atoms with Crippen LogP contribution in [0.4, 0.5) is 0 Å². The molecule has 1 rings (SSSR count). The second-order valence-electron chi connectivity index (χ2n) is 4.80. The molecule has 0 saturated carbocycles. The molecule has 0 unspecified atom stereocenters. The summed E-state index contributed by atoms with van der Waals surface area (Å²) in [5.41, 5.74) is 12.0. The van der Waals surface area contributed by atoms with Gasteiger partial charge in [-0.1, -0.05) is 36.2 Å². The summed E-state index contributed by atoms with van der Waals surface area (Å²) >= 11 is 6.00. The van der Waals surface area contributed by atoms with E-state index in [4.69, 9.17) is 32.5 Å². The molecule has 1 aromatic rings. The highest BCUT2D eigenvalue weighted by molar-refractivity contribution is 6.31. The largest absolute Gasteiger partial charge is 0.497 e. The smallest absolute Gasteiger partial charge is 0.323 e. The number of hydrogen-bond acceptors (Lipinski definition) is 5. The average Bonchev–Trinajstić information content (AvgIpc) is 2.52. The zero-order valence-electron chi connectivity index (χ0n) is 12.5. The van der Waals surface area contributed by atoms with Crippen LogP contribution in [0, 0.1) is 0 Å². The number of nitrogens with two attached hydrogens (primary N) is 2. The summed E-state index contributed by atoms with van der Waals surface area (Å²) in [6.45, 7) is 1.10. The number of ether oxygens (including phenoxy) is 2. The molecular weight excluding hydrogens is 304 g/mol. The molecule has 0 aromatic heterocycles. The molecule has 22 heavy (non-hydrogen) atoms. The van der Waals surface area contributed by atoms with Crippen LogP contribution in [-0.2, 0) is 20.9 Å². The van der Waals surface area contributed by atoms with Gasteiger partial charge < -0.3 is 20.9 Å². The van der Waals surface area contributed by atoms with Crippen molar-refractivity contribution in [1.29, 1.82) is 0 Å². The summed E-state index contributed by atoms with van der Waals surface area (Å²) in [6.07, 6.45) is 5.36. The normalized spacial score (nSPS) is 12.3. The molecule has 1 atom stereocenters. The fourth-order valence-electron chi connectivity index (χ4n) is 1.72. The Morgan fingerprint density at radius 3 is 2.82 bits per heavy atom. The van der Waals surface area contributed by atoms with E-state index in [2.05, 4.69) is 0 Å². The van der Waals surface area contributed by atoms with Crippen molar-refractivity contribution in [3.63, 3.8) is 0 Å². The summed E-state index contributed by atoms with van der Waals surface area (Å²) in [6, 6.07) is 6.85. The lowest BCUT2D eigenvalue weighted by Gasteiger charge is -2.09. The molecule has 1 aromatic carbocycles. The molecule has 0 radical (unpaired) electrons. The van der Waals surface area contributed by atoms with Gasteiger partial charge in [0.15, 0.2) is 0 Å². The van der Waals surface area contributed by atoms with E-state index in [-0.39, 0.29) is 6.61 Å². The van der Waals surface area contributed by atoms with E-state index in [0.717, 1.165) is 18.4 Å². The number of hydrogen-bond donors (Lipinski definition) is 2. The van der Waals surface area contributed by atoms with Crippen molar-refractivity contribution in [2.24, 2.45) is 11.5 Å². The van der Waals surface area contributed by atoms with Gasteiger partial charge in [-0.25, -0.2) is 0 Å². The van der Waals surface area contributed by atoms with Crippen LogP contribution in [0.15, 0.2) is 36.6 Å². The van der Waals surface area contributed by atoms with Crippen LogP contribution < -0.4 is 11.5 Å². The molecule has 0 spiro atoms. The topological polar surface area (TPSA) is 87.6 Å². The van der Waals surface area contributed by atoms with Crippen LogP contribution in [0.2, 0.25) is 5.02 Å². The van der Waals surface area contributed by atoms with Crippen LogP contribution in [0.5, 0.6) is 0 Å². The maximum atomic E-state index is 11.6. The van der Waals surface area contributed by atoms with Crippen LogP contribution in [0.25, 0.3) is 0 Å². The van der Waals surface area contributed by atoms with Gasteiger partial charge in [-0.05, 0) is 31.5 Å². The van der Waals surface area contributed by atoms with Gasteiger partial charge in [0.2, 0.25) is 0 Å². The first-order chi connectivity index (χ1) is 10.6. The van der Waals surface area contributed by atoms with Gasteiger partial charge in [0.05, 0.1) is 6.26 Å². The summed E-state index contributed by atoms with van der Waals surface area (Å²) in [4.78, 5) is 11.6. The maximum absolute atomic E-state index is 11.6. The van der Waals surface area contributed by atoms with Gasteiger partial charge in [0.1, 0.15) is 19.3 Å². The first kappa shape index (κ1) is 18.5. The van der Waals surface area contributed by atoms with Gasteiger partial charge in [-0.2, -0.15) is 0 Å². The van der Waals surface area contributed by atoms with Crippen molar-refractivity contribution in [2.75, 3.05) is 13.2 Å². The molecule has 0 bridgehead atoms. The van der Waals surface area contributed by atoms with E-state index in [1.165, 1.54) is 6.26 Å². The fourth-order valence-corrected chi connectivity index (χ4v) is 1.91. The molecular formula is C16H23ClN2O3. The molecule has 0 aliphatic carbocycles. The predicted octanol–water partition coefficient (Wildman–Crippen LogP) is 2.37. The second-order valence-corrected chi connectivity index (χ2v) is 5.20. The zero-order valence-corrected chi connectivity index (χ0v) is 13.3. The number of halogens is 1. The Morgan fingerprint density at radius 1 is 1.32 bits per heavy atom. The monoisotopic (exact) mass is 326 g/mol. The molecule has 6 heteroatoms. The Kier molecular flexibility index (Phi) is 9.30. The fraction of sp³-hybridized carbons (Fsp3) is 0.438. The van der Waals surface area contributed by atoms with Crippen LogP contribution in [0.1, 0.15) is 24.8 Å².